The molecule has 8 amide bonds. The molecule has 0 atom stereocenters. The zero-order valence-corrected chi connectivity index (χ0v) is 32.1. The summed E-state index contributed by atoms with van der Waals surface area (Å²) in [6.07, 6.45) is 0. The monoisotopic (exact) mass is 695 g/mol. The van der Waals surface area contributed by atoms with Crippen molar-refractivity contribution in [1.82, 2.24) is 62.5 Å². The van der Waals surface area contributed by atoms with E-state index in [9.17, 15) is 19.2 Å². The first-order chi connectivity index (χ1) is 22.4. The number of hydrogen-bond acceptors (Lipinski definition) is 7. The molecule has 0 aliphatic rings. The average molecular weight is 695 g/mol. The summed E-state index contributed by atoms with van der Waals surface area (Å²) in [4.78, 5) is 53.5. The van der Waals surface area contributed by atoms with Crippen LogP contribution >= 0.6 is 0 Å². The number of carbonyl (C=O) groups is 4. The molecule has 0 spiro atoms. The van der Waals surface area contributed by atoms with E-state index in [4.69, 9.17) is 0 Å². The van der Waals surface area contributed by atoms with Gasteiger partial charge in [0.1, 0.15) is 0 Å². The molecule has 16 nitrogen and oxygen atoms in total. The van der Waals surface area contributed by atoms with E-state index in [1.165, 1.54) is 0 Å². The molecule has 1 rings (SSSR count). The van der Waals surface area contributed by atoms with E-state index in [-0.39, 0.29) is 46.3 Å². The number of carbonyl (C=O) groups excluding carboxylic acids is 4. The molecular weight excluding hydrogens is 628 g/mol. The fourth-order valence-electron chi connectivity index (χ4n) is 4.43. The lowest BCUT2D eigenvalue weighted by atomic mass is 10.1. The van der Waals surface area contributed by atoms with Crippen LogP contribution in [0.2, 0.25) is 0 Å². The summed E-state index contributed by atoms with van der Waals surface area (Å²) in [5.74, 6) is 0. The molecule has 16 heteroatoms. The van der Waals surface area contributed by atoms with Crippen molar-refractivity contribution in [3.05, 3.63) is 17.5 Å². The first-order valence-corrected chi connectivity index (χ1v) is 17.1. The highest BCUT2D eigenvalue weighted by Crippen LogP contribution is 2.08. The van der Waals surface area contributed by atoms with Gasteiger partial charge in [-0.2, -0.15) is 5.10 Å². The van der Waals surface area contributed by atoms with Gasteiger partial charge >= 0.3 is 24.1 Å². The Morgan fingerprint density at radius 1 is 0.531 bits per heavy atom. The molecule has 1 aromatic rings. The lowest BCUT2D eigenvalue weighted by molar-refractivity contribution is 0.219. The summed E-state index contributed by atoms with van der Waals surface area (Å²) in [6, 6.07) is 1.02. The van der Waals surface area contributed by atoms with Gasteiger partial charge in [-0.05, 0) is 89.2 Å². The van der Waals surface area contributed by atoms with Crippen LogP contribution in [0.4, 0.5) is 19.2 Å². The number of aromatic nitrogens is 2. The van der Waals surface area contributed by atoms with Crippen molar-refractivity contribution in [2.24, 2.45) is 0 Å². The minimum Gasteiger partial charge on any atom is -0.337 e. The van der Waals surface area contributed by atoms with Gasteiger partial charge < -0.3 is 42.5 Å². The van der Waals surface area contributed by atoms with Gasteiger partial charge in [0, 0.05) is 93.3 Å². The summed E-state index contributed by atoms with van der Waals surface area (Å²) >= 11 is 0. The van der Waals surface area contributed by atoms with Gasteiger partial charge in [0.25, 0.3) is 0 Å². The average Bonchev–Trinajstić information content (AvgIpc) is 3.30. The number of hydrogen-bond donors (Lipinski definition) is 9. The quantitative estimate of drug-likeness (QED) is 0.127. The van der Waals surface area contributed by atoms with Crippen molar-refractivity contribution in [2.75, 3.05) is 52.4 Å². The molecule has 1 aromatic heterocycles. The van der Waals surface area contributed by atoms with Crippen molar-refractivity contribution < 1.29 is 19.2 Å². The molecule has 49 heavy (non-hydrogen) atoms. The molecule has 0 fully saturated rings. The molecule has 9 N–H and O–H groups in total. The van der Waals surface area contributed by atoms with Crippen molar-refractivity contribution >= 4 is 24.1 Å². The highest BCUT2D eigenvalue weighted by atomic mass is 16.2. The van der Waals surface area contributed by atoms with Crippen molar-refractivity contribution in [3.8, 4) is 0 Å². The SMILES string of the molecule is CC(C)(C)NC(=O)NCCN(CCNC(=O)NC(C)(C)C)Cc1cc(CN(CCNC(=O)NC(C)(C)C)CCNC(=O)NC(C)(C)C)[nH]n1. The summed E-state index contributed by atoms with van der Waals surface area (Å²) < 4.78 is 0. The van der Waals surface area contributed by atoms with Gasteiger partial charge in [-0.25, -0.2) is 19.2 Å². The summed E-state index contributed by atoms with van der Waals surface area (Å²) in [6.45, 7) is 27.9. The van der Waals surface area contributed by atoms with Crippen LogP contribution in [0.5, 0.6) is 0 Å². The Morgan fingerprint density at radius 3 is 1.10 bits per heavy atom. The lowest BCUT2D eigenvalue weighted by Crippen LogP contribution is -2.49. The van der Waals surface area contributed by atoms with E-state index in [2.05, 4.69) is 62.5 Å². The first-order valence-electron chi connectivity index (χ1n) is 17.1. The Labute approximate surface area is 293 Å². The van der Waals surface area contributed by atoms with Gasteiger partial charge in [0.15, 0.2) is 0 Å². The molecule has 1 heterocycles. The Balaban J connectivity index is 2.91. The van der Waals surface area contributed by atoms with Crippen LogP contribution in [0.15, 0.2) is 6.07 Å². The molecule has 0 aromatic carbocycles. The van der Waals surface area contributed by atoms with Crippen molar-refractivity contribution in [2.45, 2.75) is 118 Å². The van der Waals surface area contributed by atoms with E-state index in [0.717, 1.165) is 11.4 Å². The maximum absolute atomic E-state index is 12.3. The Kier molecular flexibility index (Phi) is 17.1. The molecule has 0 unspecified atom stereocenters. The van der Waals surface area contributed by atoms with Crippen LogP contribution in [-0.2, 0) is 13.1 Å². The van der Waals surface area contributed by atoms with Gasteiger partial charge in [0.2, 0.25) is 0 Å². The number of rotatable bonds is 16. The molecule has 0 aliphatic carbocycles. The number of nitrogens with one attached hydrogen (secondary N) is 9. The second-order valence-electron chi connectivity index (χ2n) is 16.5. The smallest absolute Gasteiger partial charge is 0.315 e. The lowest BCUT2D eigenvalue weighted by Gasteiger charge is -2.25. The molecule has 0 bridgehead atoms. The van der Waals surface area contributed by atoms with Crippen LogP contribution < -0.4 is 42.5 Å². The largest absolute Gasteiger partial charge is 0.337 e. The van der Waals surface area contributed by atoms with Crippen LogP contribution in [0.3, 0.4) is 0 Å². The van der Waals surface area contributed by atoms with Gasteiger partial charge in [0.05, 0.1) is 5.69 Å². The van der Waals surface area contributed by atoms with Gasteiger partial charge in [-0.15, -0.1) is 0 Å². The zero-order chi connectivity index (χ0) is 37.5. The predicted molar refractivity (Wildman–Crippen MR) is 194 cm³/mol. The second-order valence-corrected chi connectivity index (χ2v) is 16.5. The van der Waals surface area contributed by atoms with Crippen LogP contribution in [-0.4, -0.2) is 119 Å². The number of H-pyrrole nitrogens is 1. The van der Waals surface area contributed by atoms with E-state index < -0.39 is 0 Å². The molecule has 0 saturated carbocycles. The van der Waals surface area contributed by atoms with E-state index in [1.807, 2.05) is 89.2 Å². The number of nitrogens with zero attached hydrogens (tertiary/aromatic N) is 3. The molecule has 0 saturated heterocycles. The number of amides is 8. The fraction of sp³-hybridized carbons (Fsp3) is 0.788. The summed E-state index contributed by atoms with van der Waals surface area (Å²) in [5.41, 5.74) is 0.280. The summed E-state index contributed by atoms with van der Waals surface area (Å²) in [5, 5.41) is 30.9. The summed E-state index contributed by atoms with van der Waals surface area (Å²) in [7, 11) is 0. The van der Waals surface area contributed by atoms with Crippen molar-refractivity contribution in [3.63, 3.8) is 0 Å². The predicted octanol–water partition coefficient (Wildman–Crippen LogP) is 2.40. The molecule has 282 valence electrons. The van der Waals surface area contributed by atoms with Gasteiger partial charge in [-0.1, -0.05) is 0 Å². The van der Waals surface area contributed by atoms with Crippen molar-refractivity contribution in [1.29, 1.82) is 0 Å². The topological polar surface area (TPSA) is 200 Å². The minimum atomic E-state index is -0.350. The standard InChI is InChI=1S/C33H66N12O4/c1-30(2,3)38-26(46)34-13-17-44(18-14-35-27(47)39-31(4,5)6)22-24-21-25(43-42-24)23-45(19-15-36-28(48)40-32(7,8)9)20-16-37-29(49)41-33(10,11)12/h21H,13-20,22-23H2,1-12H3,(H,42,43)(H2,34,38,46)(H2,35,39,47)(H2,36,40,48)(H2,37,41,49). The van der Waals surface area contributed by atoms with Crippen LogP contribution in [0.25, 0.3) is 0 Å². The third kappa shape index (κ3) is 24.1. The third-order valence-corrected chi connectivity index (χ3v) is 6.27. The highest BCUT2D eigenvalue weighted by Gasteiger charge is 2.18. The van der Waals surface area contributed by atoms with E-state index in [1.54, 1.807) is 0 Å². The second kappa shape index (κ2) is 19.4. The Morgan fingerprint density at radius 2 is 0.816 bits per heavy atom. The Hall–Kier alpha value is -3.79. The third-order valence-electron chi connectivity index (χ3n) is 6.27. The number of aromatic amines is 1. The van der Waals surface area contributed by atoms with Crippen LogP contribution in [0.1, 0.15) is 94.5 Å². The molecule has 0 aliphatic heterocycles. The Bertz CT molecular complexity index is 1020. The highest BCUT2D eigenvalue weighted by molar-refractivity contribution is 5.75. The van der Waals surface area contributed by atoms with E-state index >= 15 is 0 Å². The van der Waals surface area contributed by atoms with Crippen LogP contribution in [0, 0.1) is 0 Å². The fourth-order valence-corrected chi connectivity index (χ4v) is 4.43. The van der Waals surface area contributed by atoms with Gasteiger partial charge in [-0.3, -0.25) is 14.9 Å². The normalized spacial score (nSPS) is 12.4. The maximum Gasteiger partial charge on any atom is 0.315 e. The van der Waals surface area contributed by atoms with E-state index in [0.29, 0.717) is 65.4 Å². The number of urea groups is 4. The maximum atomic E-state index is 12.3. The zero-order valence-electron chi connectivity index (χ0n) is 32.1. The molecule has 0 radical (unpaired) electrons. The first kappa shape index (κ1) is 43.2. The minimum absolute atomic E-state index is 0.241. The molecular formula is C33H66N12O4.